The molecule has 0 unspecified atom stereocenters. The zero-order valence-electron chi connectivity index (χ0n) is 15.3. The van der Waals surface area contributed by atoms with E-state index in [9.17, 15) is 4.79 Å². The van der Waals surface area contributed by atoms with E-state index in [-0.39, 0.29) is 18.6 Å². The summed E-state index contributed by atoms with van der Waals surface area (Å²) < 4.78 is 17.0. The summed E-state index contributed by atoms with van der Waals surface area (Å²) in [6.07, 6.45) is 0. The van der Waals surface area contributed by atoms with Crippen LogP contribution in [-0.2, 0) is 4.79 Å². The predicted molar refractivity (Wildman–Crippen MR) is 101 cm³/mol. The van der Waals surface area contributed by atoms with Crippen molar-refractivity contribution >= 4 is 16.9 Å². The monoisotopic (exact) mass is 353 g/mol. The van der Waals surface area contributed by atoms with Crippen LogP contribution in [0.4, 0.5) is 0 Å². The lowest BCUT2D eigenvalue weighted by atomic mass is 10.2. The maximum atomic E-state index is 12.5. The first-order valence-electron chi connectivity index (χ1n) is 8.69. The van der Waals surface area contributed by atoms with Gasteiger partial charge in [0.25, 0.3) is 5.91 Å². The molecule has 1 amide bonds. The molecule has 0 aliphatic carbocycles. The lowest BCUT2D eigenvalue weighted by Crippen LogP contribution is -2.33. The molecule has 0 aliphatic heterocycles. The van der Waals surface area contributed by atoms with Crippen LogP contribution >= 0.6 is 0 Å². The number of fused-ring (bicyclic) bond motifs is 1. The number of carbonyl (C=O) groups excluding carboxylic acids is 1. The lowest BCUT2D eigenvalue weighted by molar-refractivity contribution is -0.134. The number of para-hydroxylation sites is 3. The zero-order chi connectivity index (χ0) is 18.5. The van der Waals surface area contributed by atoms with Crippen LogP contribution in [0.25, 0.3) is 11.0 Å². The number of likely N-dealkylation sites (N-methyl/N-ethyl adjacent to an activating group) is 1. The number of hydrogen-bond acceptors (Lipinski definition) is 4. The van der Waals surface area contributed by atoms with Gasteiger partial charge in [-0.15, -0.1) is 0 Å². The van der Waals surface area contributed by atoms with Crippen LogP contribution in [0, 0.1) is 0 Å². The maximum Gasteiger partial charge on any atom is 0.260 e. The van der Waals surface area contributed by atoms with Crippen molar-refractivity contribution in [1.82, 2.24) is 4.90 Å². The molecule has 3 aromatic rings. The molecule has 3 rings (SSSR count). The lowest BCUT2D eigenvalue weighted by Gasteiger charge is -2.23. The Labute approximate surface area is 153 Å². The summed E-state index contributed by atoms with van der Waals surface area (Å²) >= 11 is 0. The molecule has 136 valence electrons. The standard InChI is InChI=1S/C21H23NO4/c1-4-24-18-11-7-8-12-19(18)25-14-21(23)22(3)15(2)20-13-16-9-5-6-10-17(16)26-20/h5-13,15H,4,14H2,1-3H3/t15-/m1/s1. The van der Waals surface area contributed by atoms with E-state index in [1.54, 1.807) is 18.0 Å². The number of hydrogen-bond donors (Lipinski definition) is 0. The van der Waals surface area contributed by atoms with Gasteiger partial charge in [-0.2, -0.15) is 0 Å². The molecule has 0 bridgehead atoms. The summed E-state index contributed by atoms with van der Waals surface area (Å²) in [5, 5.41) is 1.03. The van der Waals surface area contributed by atoms with Crippen molar-refractivity contribution in [2.75, 3.05) is 20.3 Å². The Morgan fingerprint density at radius 3 is 2.42 bits per heavy atom. The van der Waals surface area contributed by atoms with Gasteiger partial charge >= 0.3 is 0 Å². The van der Waals surface area contributed by atoms with Gasteiger partial charge in [0.2, 0.25) is 0 Å². The van der Waals surface area contributed by atoms with Gasteiger partial charge in [-0.1, -0.05) is 30.3 Å². The van der Waals surface area contributed by atoms with Gasteiger partial charge in [0, 0.05) is 12.4 Å². The minimum atomic E-state index is -0.194. The first-order chi connectivity index (χ1) is 12.6. The van der Waals surface area contributed by atoms with Crippen LogP contribution in [0.3, 0.4) is 0 Å². The van der Waals surface area contributed by atoms with Gasteiger partial charge in [0.05, 0.1) is 12.6 Å². The van der Waals surface area contributed by atoms with E-state index in [1.807, 2.05) is 62.4 Å². The molecule has 0 saturated heterocycles. The second-order valence-corrected chi connectivity index (χ2v) is 6.04. The first-order valence-corrected chi connectivity index (χ1v) is 8.69. The van der Waals surface area contributed by atoms with Gasteiger partial charge in [-0.3, -0.25) is 4.79 Å². The molecule has 0 N–H and O–H groups in total. The van der Waals surface area contributed by atoms with Crippen molar-refractivity contribution in [3.63, 3.8) is 0 Å². The Morgan fingerprint density at radius 2 is 1.73 bits per heavy atom. The normalized spacial score (nSPS) is 12.0. The third-order valence-corrected chi connectivity index (χ3v) is 4.33. The summed E-state index contributed by atoms with van der Waals surface area (Å²) in [6, 6.07) is 16.9. The molecule has 0 fully saturated rings. The van der Waals surface area contributed by atoms with Crippen LogP contribution < -0.4 is 9.47 Å². The van der Waals surface area contributed by atoms with Crippen molar-refractivity contribution in [3.05, 3.63) is 60.4 Å². The van der Waals surface area contributed by atoms with Crippen molar-refractivity contribution in [2.24, 2.45) is 0 Å². The van der Waals surface area contributed by atoms with E-state index in [2.05, 4.69) is 0 Å². The minimum Gasteiger partial charge on any atom is -0.490 e. The average molecular weight is 353 g/mol. The van der Waals surface area contributed by atoms with Gasteiger partial charge in [0.1, 0.15) is 11.3 Å². The van der Waals surface area contributed by atoms with Gasteiger partial charge in [-0.25, -0.2) is 0 Å². The molecule has 1 atom stereocenters. The van der Waals surface area contributed by atoms with E-state index in [1.165, 1.54) is 0 Å². The highest BCUT2D eigenvalue weighted by atomic mass is 16.5. The Bertz CT molecular complexity index is 853. The van der Waals surface area contributed by atoms with Gasteiger partial charge in [-0.05, 0) is 38.1 Å². The van der Waals surface area contributed by atoms with Crippen molar-refractivity contribution < 1.29 is 18.7 Å². The summed E-state index contributed by atoms with van der Waals surface area (Å²) in [4.78, 5) is 14.2. The van der Waals surface area contributed by atoms with E-state index >= 15 is 0 Å². The van der Waals surface area contributed by atoms with Crippen LogP contribution in [-0.4, -0.2) is 31.1 Å². The SMILES string of the molecule is CCOc1ccccc1OCC(=O)N(C)[C@H](C)c1cc2ccccc2o1. The number of ether oxygens (including phenoxy) is 2. The first kappa shape index (κ1) is 17.9. The van der Waals surface area contributed by atoms with Gasteiger partial charge < -0.3 is 18.8 Å². The van der Waals surface area contributed by atoms with Crippen LogP contribution in [0.15, 0.2) is 59.0 Å². The summed E-state index contributed by atoms with van der Waals surface area (Å²) in [5.41, 5.74) is 0.817. The summed E-state index contributed by atoms with van der Waals surface area (Å²) in [7, 11) is 1.75. The third kappa shape index (κ3) is 3.82. The third-order valence-electron chi connectivity index (χ3n) is 4.33. The average Bonchev–Trinajstić information content (AvgIpc) is 3.10. The minimum absolute atomic E-state index is 0.0643. The van der Waals surface area contributed by atoms with Crippen molar-refractivity contribution in [1.29, 1.82) is 0 Å². The van der Waals surface area contributed by atoms with Gasteiger partial charge in [0.15, 0.2) is 18.1 Å². The zero-order valence-corrected chi connectivity index (χ0v) is 15.3. The fraction of sp³-hybridized carbons (Fsp3) is 0.286. The van der Waals surface area contributed by atoms with Crippen molar-refractivity contribution in [2.45, 2.75) is 19.9 Å². The van der Waals surface area contributed by atoms with Crippen molar-refractivity contribution in [3.8, 4) is 11.5 Å². The van der Waals surface area contributed by atoms with Crippen LogP contribution in [0.2, 0.25) is 0 Å². The second-order valence-electron chi connectivity index (χ2n) is 6.04. The molecular formula is C21H23NO4. The highest BCUT2D eigenvalue weighted by Gasteiger charge is 2.21. The highest BCUT2D eigenvalue weighted by molar-refractivity contribution is 5.79. The molecule has 2 aromatic carbocycles. The summed E-state index contributed by atoms with van der Waals surface area (Å²) in [5.74, 6) is 1.81. The molecule has 1 heterocycles. The topological polar surface area (TPSA) is 51.9 Å². The molecule has 0 radical (unpaired) electrons. The largest absolute Gasteiger partial charge is 0.490 e. The molecule has 5 nitrogen and oxygen atoms in total. The Balaban J connectivity index is 1.65. The Hall–Kier alpha value is -2.95. The fourth-order valence-corrected chi connectivity index (χ4v) is 2.70. The van der Waals surface area contributed by atoms with E-state index < -0.39 is 0 Å². The Kier molecular flexibility index (Phi) is 5.46. The number of carbonyl (C=O) groups is 1. The number of nitrogens with zero attached hydrogens (tertiary/aromatic N) is 1. The number of rotatable bonds is 7. The Morgan fingerprint density at radius 1 is 1.08 bits per heavy atom. The molecule has 0 saturated carbocycles. The fourth-order valence-electron chi connectivity index (χ4n) is 2.70. The molecule has 1 aromatic heterocycles. The second kappa shape index (κ2) is 7.95. The highest BCUT2D eigenvalue weighted by Crippen LogP contribution is 2.28. The molecule has 0 spiro atoms. The molecule has 26 heavy (non-hydrogen) atoms. The summed E-state index contributed by atoms with van der Waals surface area (Å²) in [6.45, 7) is 4.32. The molecule has 0 aliphatic rings. The smallest absolute Gasteiger partial charge is 0.260 e. The number of benzene rings is 2. The molecular weight excluding hydrogens is 330 g/mol. The maximum absolute atomic E-state index is 12.5. The van der Waals surface area contributed by atoms with Crippen LogP contribution in [0.1, 0.15) is 25.6 Å². The van der Waals surface area contributed by atoms with E-state index in [4.69, 9.17) is 13.9 Å². The van der Waals surface area contributed by atoms with E-state index in [0.29, 0.717) is 18.1 Å². The number of furan rings is 1. The van der Waals surface area contributed by atoms with E-state index in [0.717, 1.165) is 16.7 Å². The number of amides is 1. The quantitative estimate of drug-likeness (QED) is 0.630. The predicted octanol–water partition coefficient (Wildman–Crippen LogP) is 4.43. The van der Waals surface area contributed by atoms with Crippen LogP contribution in [0.5, 0.6) is 11.5 Å². The molecule has 5 heteroatoms.